The first-order valence-corrected chi connectivity index (χ1v) is 7.21. The summed E-state index contributed by atoms with van der Waals surface area (Å²) < 4.78 is 5.68. The molecule has 4 N–H and O–H groups in total. The number of carbonyl (C=O) groups excluding carboxylic acids is 1. The molecular formula is C15H19N3O3. The molecule has 0 saturated heterocycles. The molecular weight excluding hydrogens is 270 g/mol. The van der Waals surface area contributed by atoms with Gasteiger partial charge in [0.25, 0.3) is 5.91 Å². The molecule has 2 aliphatic rings. The molecule has 0 radical (unpaired) electrons. The van der Waals surface area contributed by atoms with Crippen LogP contribution in [0.2, 0.25) is 0 Å². The molecule has 0 spiro atoms. The molecule has 6 heteroatoms. The SMILES string of the molecule is NC(=NO)C1CCCC1NC(=O)C1Cc2ccccc2O1. The Balaban J connectivity index is 1.63. The highest BCUT2D eigenvalue weighted by Crippen LogP contribution is 2.29. The van der Waals surface area contributed by atoms with Crippen molar-refractivity contribution in [3.05, 3.63) is 29.8 Å². The molecule has 112 valence electrons. The lowest BCUT2D eigenvalue weighted by molar-refractivity contribution is -0.128. The van der Waals surface area contributed by atoms with E-state index in [1.165, 1.54) is 0 Å². The molecule has 3 unspecified atom stereocenters. The van der Waals surface area contributed by atoms with Crippen molar-refractivity contribution in [3.8, 4) is 5.75 Å². The molecule has 1 heterocycles. The summed E-state index contributed by atoms with van der Waals surface area (Å²) >= 11 is 0. The monoisotopic (exact) mass is 289 g/mol. The van der Waals surface area contributed by atoms with E-state index in [0.717, 1.165) is 30.6 Å². The molecule has 0 bridgehead atoms. The lowest BCUT2D eigenvalue weighted by Gasteiger charge is -2.21. The van der Waals surface area contributed by atoms with Gasteiger partial charge in [0.2, 0.25) is 0 Å². The second-order valence-electron chi connectivity index (χ2n) is 5.60. The van der Waals surface area contributed by atoms with E-state index in [2.05, 4.69) is 10.5 Å². The second-order valence-corrected chi connectivity index (χ2v) is 5.60. The highest BCUT2D eigenvalue weighted by molar-refractivity contribution is 5.86. The maximum absolute atomic E-state index is 12.3. The molecule has 1 aromatic carbocycles. The van der Waals surface area contributed by atoms with Crippen molar-refractivity contribution in [3.63, 3.8) is 0 Å². The third kappa shape index (κ3) is 2.66. The fourth-order valence-electron chi connectivity index (χ4n) is 3.16. The fourth-order valence-corrected chi connectivity index (χ4v) is 3.16. The molecule has 21 heavy (non-hydrogen) atoms. The fraction of sp³-hybridized carbons (Fsp3) is 0.467. The highest BCUT2D eigenvalue weighted by atomic mass is 16.5. The Hall–Kier alpha value is -2.24. The van der Waals surface area contributed by atoms with Gasteiger partial charge in [-0.3, -0.25) is 4.79 Å². The third-order valence-corrected chi connectivity index (χ3v) is 4.28. The number of ether oxygens (including phenoxy) is 1. The first-order chi connectivity index (χ1) is 10.2. The van der Waals surface area contributed by atoms with Gasteiger partial charge < -0.3 is 21.0 Å². The molecule has 3 rings (SSSR count). The van der Waals surface area contributed by atoms with Crippen molar-refractivity contribution in [2.24, 2.45) is 16.8 Å². The number of amides is 1. The zero-order chi connectivity index (χ0) is 14.8. The van der Waals surface area contributed by atoms with Crippen molar-refractivity contribution in [2.45, 2.75) is 37.8 Å². The van der Waals surface area contributed by atoms with Crippen molar-refractivity contribution >= 4 is 11.7 Å². The van der Waals surface area contributed by atoms with Crippen LogP contribution < -0.4 is 15.8 Å². The summed E-state index contributed by atoms with van der Waals surface area (Å²) in [6.45, 7) is 0. The van der Waals surface area contributed by atoms with Gasteiger partial charge in [-0.05, 0) is 24.5 Å². The number of nitrogens with two attached hydrogens (primary N) is 1. The Bertz CT molecular complexity index is 548. The standard InChI is InChI=1S/C15H19N3O3/c16-14(18-20)10-5-3-6-11(10)17-15(19)13-8-9-4-1-2-7-12(9)21-13/h1-2,4,7,10-11,13,20H,3,5-6,8H2,(H2,16,18)(H,17,19). The van der Waals surface area contributed by atoms with Crippen LogP contribution in [-0.4, -0.2) is 29.1 Å². The van der Waals surface area contributed by atoms with Crippen LogP contribution in [-0.2, 0) is 11.2 Å². The van der Waals surface area contributed by atoms with E-state index >= 15 is 0 Å². The Morgan fingerprint density at radius 2 is 2.19 bits per heavy atom. The Morgan fingerprint density at radius 3 is 2.95 bits per heavy atom. The largest absolute Gasteiger partial charge is 0.480 e. The van der Waals surface area contributed by atoms with E-state index in [-0.39, 0.29) is 23.7 Å². The second kappa shape index (κ2) is 5.63. The van der Waals surface area contributed by atoms with Crippen LogP contribution in [0.5, 0.6) is 5.75 Å². The van der Waals surface area contributed by atoms with Gasteiger partial charge in [0, 0.05) is 18.4 Å². The average molecular weight is 289 g/mol. The number of carbonyl (C=O) groups is 1. The predicted octanol–water partition coefficient (Wildman–Crippen LogP) is 1.02. The molecule has 1 aliphatic heterocycles. The number of para-hydroxylation sites is 1. The smallest absolute Gasteiger partial charge is 0.261 e. The summed E-state index contributed by atoms with van der Waals surface area (Å²) in [4.78, 5) is 12.3. The van der Waals surface area contributed by atoms with Crippen molar-refractivity contribution < 1.29 is 14.7 Å². The van der Waals surface area contributed by atoms with Gasteiger partial charge in [-0.25, -0.2) is 0 Å². The minimum Gasteiger partial charge on any atom is -0.480 e. The number of rotatable bonds is 3. The lowest BCUT2D eigenvalue weighted by atomic mass is 10.0. The van der Waals surface area contributed by atoms with Gasteiger partial charge in [0.1, 0.15) is 11.6 Å². The first kappa shape index (κ1) is 13.7. The van der Waals surface area contributed by atoms with Crippen LogP contribution in [0.4, 0.5) is 0 Å². The number of benzene rings is 1. The Morgan fingerprint density at radius 1 is 1.38 bits per heavy atom. The predicted molar refractivity (Wildman–Crippen MR) is 77.2 cm³/mol. The molecule has 1 saturated carbocycles. The Kier molecular flexibility index (Phi) is 3.68. The molecule has 1 amide bonds. The van der Waals surface area contributed by atoms with Crippen molar-refractivity contribution in [1.82, 2.24) is 5.32 Å². The Labute approximate surface area is 123 Å². The van der Waals surface area contributed by atoms with E-state index in [9.17, 15) is 4.79 Å². The van der Waals surface area contributed by atoms with Gasteiger partial charge in [0.05, 0.1) is 0 Å². The van der Waals surface area contributed by atoms with E-state index in [1.807, 2.05) is 24.3 Å². The molecule has 0 aromatic heterocycles. The zero-order valence-electron chi connectivity index (χ0n) is 11.7. The van der Waals surface area contributed by atoms with Crippen molar-refractivity contribution in [1.29, 1.82) is 0 Å². The zero-order valence-corrected chi connectivity index (χ0v) is 11.7. The van der Waals surface area contributed by atoms with E-state index in [1.54, 1.807) is 0 Å². The first-order valence-electron chi connectivity index (χ1n) is 7.21. The third-order valence-electron chi connectivity index (χ3n) is 4.28. The van der Waals surface area contributed by atoms with Gasteiger partial charge in [-0.2, -0.15) is 0 Å². The lowest BCUT2D eigenvalue weighted by Crippen LogP contribution is -2.47. The normalized spacial score (nSPS) is 28.0. The average Bonchev–Trinajstić information content (AvgIpc) is 3.12. The maximum Gasteiger partial charge on any atom is 0.261 e. The van der Waals surface area contributed by atoms with Gasteiger partial charge in [-0.15, -0.1) is 0 Å². The molecule has 3 atom stereocenters. The molecule has 6 nitrogen and oxygen atoms in total. The van der Waals surface area contributed by atoms with Crippen LogP contribution >= 0.6 is 0 Å². The van der Waals surface area contributed by atoms with Crippen LogP contribution in [0.1, 0.15) is 24.8 Å². The number of hydrogen-bond acceptors (Lipinski definition) is 4. The summed E-state index contributed by atoms with van der Waals surface area (Å²) in [6.07, 6.45) is 2.72. The number of hydrogen-bond donors (Lipinski definition) is 3. The van der Waals surface area contributed by atoms with Crippen LogP contribution in [0.3, 0.4) is 0 Å². The number of nitrogens with zero attached hydrogens (tertiary/aromatic N) is 1. The summed E-state index contributed by atoms with van der Waals surface area (Å²) in [5.74, 6) is 0.738. The van der Waals surface area contributed by atoms with Crippen LogP contribution in [0.25, 0.3) is 0 Å². The maximum atomic E-state index is 12.3. The van der Waals surface area contributed by atoms with Crippen LogP contribution in [0, 0.1) is 5.92 Å². The van der Waals surface area contributed by atoms with Gasteiger partial charge in [-0.1, -0.05) is 29.8 Å². The number of oxime groups is 1. The van der Waals surface area contributed by atoms with E-state index in [0.29, 0.717) is 6.42 Å². The summed E-state index contributed by atoms with van der Waals surface area (Å²) in [5, 5.41) is 14.9. The quantitative estimate of drug-likeness (QED) is 0.335. The number of amidine groups is 1. The number of nitrogens with one attached hydrogen (secondary N) is 1. The van der Waals surface area contributed by atoms with Gasteiger partial charge in [0.15, 0.2) is 6.10 Å². The minimum absolute atomic E-state index is 0.0827. The number of fused-ring (bicyclic) bond motifs is 1. The summed E-state index contributed by atoms with van der Waals surface area (Å²) in [6, 6.07) is 7.59. The van der Waals surface area contributed by atoms with Crippen molar-refractivity contribution in [2.75, 3.05) is 0 Å². The van der Waals surface area contributed by atoms with E-state index in [4.69, 9.17) is 15.7 Å². The molecule has 1 aliphatic carbocycles. The summed E-state index contributed by atoms with van der Waals surface area (Å²) in [5.41, 5.74) is 6.74. The van der Waals surface area contributed by atoms with Crippen LogP contribution in [0.15, 0.2) is 29.4 Å². The highest BCUT2D eigenvalue weighted by Gasteiger charge is 2.35. The topological polar surface area (TPSA) is 96.9 Å². The molecule has 1 fully saturated rings. The molecule has 1 aromatic rings. The minimum atomic E-state index is -0.490. The van der Waals surface area contributed by atoms with E-state index < -0.39 is 6.10 Å². The van der Waals surface area contributed by atoms with Gasteiger partial charge >= 0.3 is 0 Å². The summed E-state index contributed by atoms with van der Waals surface area (Å²) in [7, 11) is 0.